The van der Waals surface area contributed by atoms with Crippen LogP contribution in [-0.2, 0) is 0 Å². The Kier molecular flexibility index (Phi) is 4.67. The summed E-state index contributed by atoms with van der Waals surface area (Å²) in [7, 11) is 0. The number of hydrogen-bond acceptors (Lipinski definition) is 3. The van der Waals surface area contributed by atoms with Crippen LogP contribution in [-0.4, -0.2) is 43.4 Å². The number of ketones is 1. The van der Waals surface area contributed by atoms with Gasteiger partial charge in [-0.1, -0.05) is 12.1 Å². The van der Waals surface area contributed by atoms with Crippen LogP contribution in [0.5, 0.6) is 0 Å². The summed E-state index contributed by atoms with van der Waals surface area (Å²) in [5, 5.41) is 0. The maximum absolute atomic E-state index is 13.6. The lowest BCUT2D eigenvalue weighted by Gasteiger charge is -2.35. The molecule has 1 aliphatic rings. The average Bonchev–Trinajstić information content (AvgIpc) is 2.57. The number of Topliss-reactive ketones (excluding diaryl/α,β-unsaturated/α-hetero) is 1. The van der Waals surface area contributed by atoms with Gasteiger partial charge in [0.05, 0.1) is 12.1 Å². The van der Waals surface area contributed by atoms with Crippen LogP contribution in [0.2, 0.25) is 0 Å². The van der Waals surface area contributed by atoms with Gasteiger partial charge in [0, 0.05) is 31.9 Å². The average molecular weight is 316 g/mol. The first-order chi connectivity index (χ1) is 11.1. The lowest BCUT2D eigenvalue weighted by atomic mass is 10.1. The quantitative estimate of drug-likeness (QED) is 0.810. The second-order valence-electron chi connectivity index (χ2n) is 5.64. The van der Waals surface area contributed by atoms with Gasteiger partial charge in [-0.3, -0.25) is 9.69 Å². The third-order valence-corrected chi connectivity index (χ3v) is 4.11. The van der Waals surface area contributed by atoms with E-state index in [1.807, 2.05) is 4.90 Å². The van der Waals surface area contributed by atoms with E-state index in [4.69, 9.17) is 0 Å². The van der Waals surface area contributed by atoms with Gasteiger partial charge in [0.2, 0.25) is 0 Å². The molecule has 0 unspecified atom stereocenters. The van der Waals surface area contributed by atoms with Crippen molar-refractivity contribution in [3.8, 4) is 0 Å². The van der Waals surface area contributed by atoms with Crippen LogP contribution in [0.1, 0.15) is 10.4 Å². The first-order valence-corrected chi connectivity index (χ1v) is 7.64. The van der Waals surface area contributed by atoms with E-state index in [1.54, 1.807) is 24.3 Å². The fraction of sp³-hybridized carbons (Fsp3) is 0.278. The number of carbonyl (C=O) groups excluding carboxylic acids is 1. The zero-order chi connectivity index (χ0) is 16.2. The molecule has 23 heavy (non-hydrogen) atoms. The number of hydrogen-bond donors (Lipinski definition) is 0. The molecule has 1 heterocycles. The van der Waals surface area contributed by atoms with E-state index in [9.17, 15) is 13.6 Å². The molecule has 0 amide bonds. The summed E-state index contributed by atoms with van der Waals surface area (Å²) in [5.74, 6) is -0.913. The van der Waals surface area contributed by atoms with E-state index >= 15 is 0 Å². The lowest BCUT2D eigenvalue weighted by Crippen LogP contribution is -2.48. The van der Waals surface area contributed by atoms with Crippen molar-refractivity contribution in [1.29, 1.82) is 0 Å². The second kappa shape index (κ2) is 6.87. The van der Waals surface area contributed by atoms with Crippen molar-refractivity contribution in [3.63, 3.8) is 0 Å². The monoisotopic (exact) mass is 316 g/mol. The molecule has 3 nitrogen and oxygen atoms in total. The van der Waals surface area contributed by atoms with Crippen LogP contribution in [0, 0.1) is 11.6 Å². The van der Waals surface area contributed by atoms with Crippen molar-refractivity contribution in [2.75, 3.05) is 37.6 Å². The maximum Gasteiger partial charge on any atom is 0.179 e. The molecule has 1 fully saturated rings. The van der Waals surface area contributed by atoms with Crippen molar-refractivity contribution < 1.29 is 13.6 Å². The third kappa shape index (κ3) is 3.74. The Balaban J connectivity index is 1.56. The molecule has 0 spiro atoms. The number of halogens is 2. The van der Waals surface area contributed by atoms with Crippen LogP contribution < -0.4 is 4.90 Å². The molecule has 0 saturated carbocycles. The Bertz CT molecular complexity index is 680. The van der Waals surface area contributed by atoms with Crippen molar-refractivity contribution >= 4 is 11.5 Å². The van der Waals surface area contributed by atoms with Gasteiger partial charge >= 0.3 is 0 Å². The third-order valence-electron chi connectivity index (χ3n) is 4.11. The standard InChI is InChI=1S/C18H18F2N2O/c19-14-5-7-15(8-6-14)22-11-9-21(10-12-22)13-18(23)16-3-1-2-4-17(16)20/h1-8H,9-13H2. The number of anilines is 1. The van der Waals surface area contributed by atoms with Gasteiger partial charge in [0.25, 0.3) is 0 Å². The molecule has 0 atom stereocenters. The number of rotatable bonds is 4. The van der Waals surface area contributed by atoms with Crippen LogP contribution in [0.3, 0.4) is 0 Å². The Morgan fingerprint density at radius 3 is 2.22 bits per heavy atom. The van der Waals surface area contributed by atoms with E-state index in [-0.39, 0.29) is 23.7 Å². The Morgan fingerprint density at radius 1 is 0.913 bits per heavy atom. The van der Waals surface area contributed by atoms with Crippen LogP contribution in [0.15, 0.2) is 48.5 Å². The fourth-order valence-electron chi connectivity index (χ4n) is 2.79. The van der Waals surface area contributed by atoms with E-state index in [1.165, 1.54) is 24.3 Å². The first kappa shape index (κ1) is 15.6. The summed E-state index contributed by atoms with van der Waals surface area (Å²) in [6, 6.07) is 12.5. The van der Waals surface area contributed by atoms with Gasteiger partial charge in [0.1, 0.15) is 11.6 Å². The van der Waals surface area contributed by atoms with Crippen molar-refractivity contribution in [2.24, 2.45) is 0 Å². The topological polar surface area (TPSA) is 23.6 Å². The minimum Gasteiger partial charge on any atom is -0.369 e. The minimum absolute atomic E-state index is 0.147. The summed E-state index contributed by atoms with van der Waals surface area (Å²) in [5.41, 5.74) is 1.12. The Morgan fingerprint density at radius 2 is 1.57 bits per heavy atom. The predicted octanol–water partition coefficient (Wildman–Crippen LogP) is 2.97. The highest BCUT2D eigenvalue weighted by Crippen LogP contribution is 2.17. The molecule has 2 aromatic carbocycles. The fourth-order valence-corrected chi connectivity index (χ4v) is 2.79. The van der Waals surface area contributed by atoms with E-state index in [2.05, 4.69) is 4.90 Å². The molecule has 2 aromatic rings. The van der Waals surface area contributed by atoms with Gasteiger partial charge in [-0.25, -0.2) is 8.78 Å². The smallest absolute Gasteiger partial charge is 0.179 e. The molecule has 1 saturated heterocycles. The highest BCUT2D eigenvalue weighted by molar-refractivity contribution is 5.97. The molecule has 0 bridgehead atoms. The summed E-state index contributed by atoms with van der Waals surface area (Å²) in [6.45, 7) is 3.18. The Hall–Kier alpha value is -2.27. The van der Waals surface area contributed by atoms with Crippen molar-refractivity contribution in [1.82, 2.24) is 4.90 Å². The molecule has 0 N–H and O–H groups in total. The normalized spacial score (nSPS) is 15.7. The molecule has 0 radical (unpaired) electrons. The van der Waals surface area contributed by atoms with Crippen LogP contribution >= 0.6 is 0 Å². The number of benzene rings is 2. The highest BCUT2D eigenvalue weighted by Gasteiger charge is 2.21. The lowest BCUT2D eigenvalue weighted by molar-refractivity contribution is 0.0922. The largest absolute Gasteiger partial charge is 0.369 e. The number of carbonyl (C=O) groups is 1. The van der Waals surface area contributed by atoms with Gasteiger partial charge in [-0.15, -0.1) is 0 Å². The summed E-state index contributed by atoms with van der Waals surface area (Å²) in [6.07, 6.45) is 0. The molecule has 1 aliphatic heterocycles. The molecular formula is C18H18F2N2O. The highest BCUT2D eigenvalue weighted by atomic mass is 19.1. The minimum atomic E-state index is -0.470. The zero-order valence-electron chi connectivity index (χ0n) is 12.7. The molecule has 0 aliphatic carbocycles. The zero-order valence-corrected chi connectivity index (χ0v) is 12.7. The van der Waals surface area contributed by atoms with Crippen molar-refractivity contribution in [2.45, 2.75) is 0 Å². The van der Waals surface area contributed by atoms with Gasteiger partial charge in [0.15, 0.2) is 5.78 Å². The van der Waals surface area contributed by atoms with Crippen LogP contribution in [0.4, 0.5) is 14.5 Å². The van der Waals surface area contributed by atoms with Gasteiger partial charge in [-0.2, -0.15) is 0 Å². The Labute approximate surface area is 134 Å². The number of piperazine rings is 1. The van der Waals surface area contributed by atoms with E-state index < -0.39 is 5.82 Å². The van der Waals surface area contributed by atoms with Gasteiger partial charge < -0.3 is 4.90 Å². The molecule has 0 aromatic heterocycles. The SMILES string of the molecule is O=C(CN1CCN(c2ccc(F)cc2)CC1)c1ccccc1F. The van der Waals surface area contributed by atoms with E-state index in [0.717, 1.165) is 31.9 Å². The summed E-state index contributed by atoms with van der Waals surface area (Å²) in [4.78, 5) is 16.4. The first-order valence-electron chi connectivity index (χ1n) is 7.64. The number of nitrogens with zero attached hydrogens (tertiary/aromatic N) is 2. The maximum atomic E-state index is 13.6. The van der Waals surface area contributed by atoms with E-state index in [0.29, 0.717) is 0 Å². The molecule has 120 valence electrons. The van der Waals surface area contributed by atoms with Gasteiger partial charge in [-0.05, 0) is 36.4 Å². The second-order valence-corrected chi connectivity index (χ2v) is 5.64. The summed E-state index contributed by atoms with van der Waals surface area (Å²) >= 11 is 0. The molecule has 5 heteroatoms. The molecule has 3 rings (SSSR count). The predicted molar refractivity (Wildman–Crippen MR) is 85.8 cm³/mol. The van der Waals surface area contributed by atoms with Crippen molar-refractivity contribution in [3.05, 3.63) is 65.7 Å². The molecular weight excluding hydrogens is 298 g/mol. The van der Waals surface area contributed by atoms with Crippen LogP contribution in [0.25, 0.3) is 0 Å². The summed E-state index contributed by atoms with van der Waals surface area (Å²) < 4.78 is 26.6.